The van der Waals surface area contributed by atoms with E-state index in [-0.39, 0.29) is 24.5 Å². The molecule has 10 heteroatoms. The monoisotopic (exact) mass is 488 g/mol. The summed E-state index contributed by atoms with van der Waals surface area (Å²) in [4.78, 5) is 19.4. The number of fused-ring (bicyclic) bond motifs is 1. The van der Waals surface area contributed by atoms with Crippen LogP contribution in [0.2, 0.25) is 0 Å². The first-order valence-electron chi connectivity index (χ1n) is 11.1. The maximum atomic E-state index is 14.7. The number of nitrogens with zero attached hydrogens (tertiary/aromatic N) is 5. The Morgan fingerprint density at radius 1 is 1.08 bits per heavy atom. The van der Waals surface area contributed by atoms with Gasteiger partial charge in [-0.3, -0.25) is 9.79 Å². The van der Waals surface area contributed by atoms with Gasteiger partial charge in [0.05, 0.1) is 47.7 Å². The predicted molar refractivity (Wildman–Crippen MR) is 133 cm³/mol. The van der Waals surface area contributed by atoms with Crippen molar-refractivity contribution in [2.75, 3.05) is 24.3 Å². The molecule has 2 N–H and O–H groups in total. The highest BCUT2D eigenvalue weighted by Crippen LogP contribution is 2.41. The quantitative estimate of drug-likeness (QED) is 0.438. The number of halogens is 2. The van der Waals surface area contributed by atoms with Crippen molar-refractivity contribution in [2.45, 2.75) is 13.0 Å². The minimum absolute atomic E-state index is 0.00328. The molecule has 1 aliphatic heterocycles. The van der Waals surface area contributed by atoms with Crippen molar-refractivity contribution in [1.82, 2.24) is 15.0 Å². The fourth-order valence-electron chi connectivity index (χ4n) is 4.16. The van der Waals surface area contributed by atoms with Gasteiger partial charge in [0.25, 0.3) is 0 Å². The van der Waals surface area contributed by atoms with E-state index in [0.29, 0.717) is 45.3 Å². The molecule has 0 fully saturated rings. The summed E-state index contributed by atoms with van der Waals surface area (Å²) in [6, 6.07) is 14.6. The van der Waals surface area contributed by atoms with Gasteiger partial charge in [-0.2, -0.15) is 0 Å². The highest BCUT2D eigenvalue weighted by atomic mass is 19.2. The summed E-state index contributed by atoms with van der Waals surface area (Å²) < 4.78 is 30.2. The molecule has 0 saturated carbocycles. The van der Waals surface area contributed by atoms with E-state index in [2.05, 4.69) is 15.6 Å². The van der Waals surface area contributed by atoms with Crippen LogP contribution < -0.4 is 10.2 Å². The summed E-state index contributed by atoms with van der Waals surface area (Å²) in [5.41, 5.74) is 4.41. The zero-order chi connectivity index (χ0) is 25.4. The van der Waals surface area contributed by atoms with Crippen LogP contribution in [0.3, 0.4) is 0 Å². The summed E-state index contributed by atoms with van der Waals surface area (Å²) in [7, 11) is 3.59. The largest absolute Gasteiger partial charge is 0.390 e. The molecule has 182 valence electrons. The molecule has 1 amide bonds. The fraction of sp³-hybridized carbons (Fsp3) is 0.154. The van der Waals surface area contributed by atoms with Crippen LogP contribution >= 0.6 is 0 Å². The average Bonchev–Trinajstić information content (AvgIpc) is 3.28. The number of hydrogen-bond acceptors (Lipinski definition) is 6. The Labute approximate surface area is 205 Å². The third kappa shape index (κ3) is 4.22. The average molecular weight is 488 g/mol. The van der Waals surface area contributed by atoms with Crippen LogP contribution in [0.1, 0.15) is 17.7 Å². The Morgan fingerprint density at radius 2 is 1.89 bits per heavy atom. The highest BCUT2D eigenvalue weighted by molar-refractivity contribution is 6.17. The number of hydrogen-bond donors (Lipinski definition) is 2. The van der Waals surface area contributed by atoms with E-state index in [0.717, 1.165) is 6.07 Å². The van der Waals surface area contributed by atoms with Gasteiger partial charge in [-0.15, -0.1) is 5.10 Å². The van der Waals surface area contributed by atoms with Crippen LogP contribution in [0.5, 0.6) is 0 Å². The molecular formula is C26H22F2N6O2. The summed E-state index contributed by atoms with van der Waals surface area (Å²) in [5, 5.41) is 20.3. The minimum atomic E-state index is -0.961. The summed E-state index contributed by atoms with van der Waals surface area (Å²) in [6.07, 6.45) is 1.48. The van der Waals surface area contributed by atoms with Gasteiger partial charge in [0.2, 0.25) is 5.91 Å². The first-order valence-corrected chi connectivity index (χ1v) is 11.1. The zero-order valence-corrected chi connectivity index (χ0v) is 19.5. The molecule has 1 aliphatic rings. The lowest BCUT2D eigenvalue weighted by molar-refractivity contribution is -0.115. The molecule has 0 atom stereocenters. The molecule has 0 saturated heterocycles. The molecule has 8 nitrogen and oxygen atoms in total. The molecule has 0 radical (unpaired) electrons. The smallest absolute Gasteiger partial charge is 0.230 e. The molecule has 2 heterocycles. The lowest BCUT2D eigenvalue weighted by atomic mass is 10.0. The van der Waals surface area contributed by atoms with Gasteiger partial charge in [-0.1, -0.05) is 29.5 Å². The molecule has 0 unspecified atom stereocenters. The van der Waals surface area contributed by atoms with Gasteiger partial charge >= 0.3 is 0 Å². The Bertz CT molecular complexity index is 1510. The van der Waals surface area contributed by atoms with E-state index in [9.17, 15) is 18.7 Å². The number of aliphatic hydroxyl groups is 1. The van der Waals surface area contributed by atoms with Gasteiger partial charge in [-0.05, 0) is 35.9 Å². The van der Waals surface area contributed by atoms with E-state index in [4.69, 9.17) is 4.99 Å². The third-order valence-corrected chi connectivity index (χ3v) is 5.90. The van der Waals surface area contributed by atoms with E-state index in [1.54, 1.807) is 37.2 Å². The lowest BCUT2D eigenvalue weighted by Gasteiger charge is -2.20. The number of benzene rings is 3. The van der Waals surface area contributed by atoms with Gasteiger partial charge < -0.3 is 15.3 Å². The number of carbonyl (C=O) groups excluding carboxylic acids is 1. The number of aliphatic hydroxyl groups excluding tert-OH is 1. The normalized spacial score (nSPS) is 13.0. The second-order valence-corrected chi connectivity index (χ2v) is 8.51. The number of carbonyl (C=O) groups is 1. The van der Waals surface area contributed by atoms with Gasteiger partial charge in [-0.25, -0.2) is 13.5 Å². The van der Waals surface area contributed by atoms with E-state index < -0.39 is 11.6 Å². The fourth-order valence-corrected chi connectivity index (χ4v) is 4.16. The highest BCUT2D eigenvalue weighted by Gasteiger charge is 2.22. The molecule has 4 aromatic rings. The molecular weight excluding hydrogens is 466 g/mol. The Morgan fingerprint density at radius 3 is 2.67 bits per heavy atom. The molecule has 5 rings (SSSR count). The molecule has 36 heavy (non-hydrogen) atoms. The summed E-state index contributed by atoms with van der Waals surface area (Å²) in [5.74, 6) is -2.21. The SMILES string of the molecule is CN(C)c1cc2c(cc1-c1cccc(F)c1F)NC(=O)CC(c1cccc(-n3nncc3CO)c1)=N2. The zero-order valence-electron chi connectivity index (χ0n) is 19.5. The number of anilines is 2. The van der Waals surface area contributed by atoms with Crippen molar-refractivity contribution in [1.29, 1.82) is 0 Å². The summed E-state index contributed by atoms with van der Waals surface area (Å²) in [6.45, 7) is -0.227. The number of aliphatic imine (C=N–C) groups is 1. The molecule has 1 aromatic heterocycles. The Kier molecular flexibility index (Phi) is 6.03. The number of aromatic nitrogens is 3. The van der Waals surface area contributed by atoms with Crippen molar-refractivity contribution in [3.63, 3.8) is 0 Å². The van der Waals surface area contributed by atoms with Crippen molar-refractivity contribution in [2.24, 2.45) is 4.99 Å². The van der Waals surface area contributed by atoms with Crippen LogP contribution in [0.15, 0.2) is 65.8 Å². The van der Waals surface area contributed by atoms with Crippen molar-refractivity contribution >= 4 is 28.7 Å². The maximum Gasteiger partial charge on any atom is 0.230 e. The van der Waals surface area contributed by atoms with Crippen molar-refractivity contribution < 1.29 is 18.7 Å². The van der Waals surface area contributed by atoms with Gasteiger partial charge in [0.1, 0.15) is 0 Å². The second-order valence-electron chi connectivity index (χ2n) is 8.51. The standard InChI is InChI=1S/C26H22F2N6O2/c1-33(2)24-11-23-22(10-19(24)18-7-4-8-20(27)26(18)28)31-25(36)12-21(30-23)15-5-3-6-16(9-15)34-17(14-35)13-29-32-34/h3-11,13,35H,12,14H2,1-2H3,(H,31,36). The van der Waals surface area contributed by atoms with Crippen LogP contribution in [-0.4, -0.2) is 45.8 Å². The summed E-state index contributed by atoms with van der Waals surface area (Å²) >= 11 is 0. The van der Waals surface area contributed by atoms with Crippen LogP contribution in [0.25, 0.3) is 16.8 Å². The Hall–Kier alpha value is -4.44. The number of rotatable bonds is 5. The van der Waals surface area contributed by atoms with Crippen LogP contribution in [-0.2, 0) is 11.4 Å². The van der Waals surface area contributed by atoms with E-state index in [1.165, 1.54) is 23.0 Å². The van der Waals surface area contributed by atoms with Gasteiger partial charge in [0, 0.05) is 30.9 Å². The second kappa shape index (κ2) is 9.31. The third-order valence-electron chi connectivity index (χ3n) is 5.90. The molecule has 0 aliphatic carbocycles. The first kappa shape index (κ1) is 23.3. The topological polar surface area (TPSA) is 95.6 Å². The lowest BCUT2D eigenvalue weighted by Crippen LogP contribution is -2.15. The molecule has 3 aromatic carbocycles. The molecule has 0 spiro atoms. The predicted octanol–water partition coefficient (Wildman–Crippen LogP) is 4.23. The minimum Gasteiger partial charge on any atom is -0.390 e. The number of amides is 1. The van der Waals surface area contributed by atoms with Crippen molar-refractivity contribution in [3.8, 4) is 16.8 Å². The van der Waals surface area contributed by atoms with Crippen LogP contribution in [0, 0.1) is 11.6 Å². The van der Waals surface area contributed by atoms with E-state index in [1.807, 2.05) is 18.2 Å². The van der Waals surface area contributed by atoms with E-state index >= 15 is 0 Å². The maximum absolute atomic E-state index is 14.7. The first-order chi connectivity index (χ1) is 17.4. The Balaban J connectivity index is 1.64. The van der Waals surface area contributed by atoms with Gasteiger partial charge in [0.15, 0.2) is 11.6 Å². The molecule has 0 bridgehead atoms. The van der Waals surface area contributed by atoms with Crippen molar-refractivity contribution in [3.05, 3.63) is 83.7 Å². The number of nitrogens with one attached hydrogen (secondary N) is 1. The van der Waals surface area contributed by atoms with Crippen LogP contribution in [0.4, 0.5) is 25.8 Å².